The van der Waals surface area contributed by atoms with Crippen LogP contribution in [0.25, 0.3) is 0 Å². The molecule has 1 aliphatic rings. The minimum atomic E-state index is 0.722. The zero-order valence-corrected chi connectivity index (χ0v) is 9.85. The van der Waals surface area contributed by atoms with Crippen molar-refractivity contribution in [2.45, 2.75) is 37.9 Å². The number of nitrogens with zero attached hydrogens (tertiary/aromatic N) is 2. The van der Waals surface area contributed by atoms with Gasteiger partial charge in [-0.3, -0.25) is 0 Å². The van der Waals surface area contributed by atoms with Gasteiger partial charge >= 0.3 is 0 Å². The van der Waals surface area contributed by atoms with Gasteiger partial charge in [-0.05, 0) is 25.8 Å². The van der Waals surface area contributed by atoms with Crippen LogP contribution >= 0.6 is 11.8 Å². The Kier molecular flexibility index (Phi) is 6.05. The molecule has 1 saturated heterocycles. The van der Waals surface area contributed by atoms with Crippen LogP contribution in [0.3, 0.4) is 0 Å². The third kappa shape index (κ3) is 4.34. The van der Waals surface area contributed by atoms with Crippen molar-refractivity contribution in [2.24, 2.45) is 0 Å². The number of nitriles is 1. The van der Waals surface area contributed by atoms with Gasteiger partial charge in [0.15, 0.2) is 0 Å². The first-order valence-corrected chi connectivity index (χ1v) is 6.62. The van der Waals surface area contributed by atoms with Crippen LogP contribution in [0.15, 0.2) is 0 Å². The van der Waals surface area contributed by atoms with E-state index < -0.39 is 0 Å². The minimum absolute atomic E-state index is 0.722. The highest BCUT2D eigenvalue weighted by atomic mass is 32.2. The smallest absolute Gasteiger partial charge is 0.0621 e. The van der Waals surface area contributed by atoms with Gasteiger partial charge in [0, 0.05) is 30.5 Å². The van der Waals surface area contributed by atoms with Gasteiger partial charge in [-0.2, -0.15) is 17.0 Å². The molecule has 0 bridgehead atoms. The molecule has 0 N–H and O–H groups in total. The average Bonchev–Trinajstić information content (AvgIpc) is 2.25. The average molecular weight is 212 g/mol. The van der Waals surface area contributed by atoms with Gasteiger partial charge in [0.1, 0.15) is 0 Å². The minimum Gasteiger partial charge on any atom is -0.301 e. The second-order valence-corrected chi connectivity index (χ2v) is 5.23. The summed E-state index contributed by atoms with van der Waals surface area (Å²) < 4.78 is 0. The molecule has 3 heteroatoms. The Morgan fingerprint density at radius 2 is 2.36 bits per heavy atom. The number of rotatable bonds is 5. The molecule has 0 amide bonds. The lowest BCUT2D eigenvalue weighted by molar-refractivity contribution is 0.276. The molecule has 1 aliphatic heterocycles. The molecular weight excluding hydrogens is 192 g/mol. The Hall–Kier alpha value is -0.200. The van der Waals surface area contributed by atoms with Crippen molar-refractivity contribution in [3.63, 3.8) is 0 Å². The maximum atomic E-state index is 8.42. The molecule has 80 valence electrons. The van der Waals surface area contributed by atoms with Crippen LogP contribution in [0.1, 0.15) is 32.6 Å². The Morgan fingerprint density at radius 1 is 1.50 bits per heavy atom. The molecule has 1 heterocycles. The summed E-state index contributed by atoms with van der Waals surface area (Å²) in [4.78, 5) is 2.56. The van der Waals surface area contributed by atoms with E-state index in [1.807, 2.05) is 0 Å². The molecule has 0 radical (unpaired) electrons. The second-order valence-electron chi connectivity index (χ2n) is 3.82. The van der Waals surface area contributed by atoms with Crippen LogP contribution in [0, 0.1) is 11.3 Å². The highest BCUT2D eigenvalue weighted by molar-refractivity contribution is 8.00. The van der Waals surface area contributed by atoms with Gasteiger partial charge in [0.2, 0.25) is 0 Å². The van der Waals surface area contributed by atoms with Gasteiger partial charge in [-0.15, -0.1) is 0 Å². The Morgan fingerprint density at radius 3 is 3.07 bits per heavy atom. The maximum absolute atomic E-state index is 8.42. The summed E-state index contributed by atoms with van der Waals surface area (Å²) in [5.41, 5.74) is 0. The molecule has 0 saturated carbocycles. The van der Waals surface area contributed by atoms with Crippen molar-refractivity contribution >= 4 is 11.8 Å². The fourth-order valence-corrected chi connectivity index (χ4v) is 3.02. The molecule has 14 heavy (non-hydrogen) atoms. The van der Waals surface area contributed by atoms with Crippen molar-refractivity contribution in [2.75, 3.05) is 25.4 Å². The molecule has 0 unspecified atom stereocenters. The summed E-state index contributed by atoms with van der Waals surface area (Å²) in [6.45, 7) is 5.97. The van der Waals surface area contributed by atoms with Gasteiger partial charge in [-0.1, -0.05) is 6.92 Å². The number of hydrogen-bond donors (Lipinski definition) is 0. The second kappa shape index (κ2) is 7.14. The van der Waals surface area contributed by atoms with Crippen LogP contribution in [0.5, 0.6) is 0 Å². The van der Waals surface area contributed by atoms with E-state index in [0.717, 1.165) is 18.1 Å². The lowest BCUT2D eigenvalue weighted by Gasteiger charge is -2.31. The van der Waals surface area contributed by atoms with E-state index in [9.17, 15) is 0 Å². The summed E-state index contributed by atoms with van der Waals surface area (Å²) in [5.74, 6) is 1.29. The van der Waals surface area contributed by atoms with Crippen molar-refractivity contribution in [3.05, 3.63) is 0 Å². The molecule has 1 rings (SSSR count). The quantitative estimate of drug-likeness (QED) is 0.655. The summed E-state index contributed by atoms with van der Waals surface area (Å²) in [7, 11) is 0. The topological polar surface area (TPSA) is 27.0 Å². The van der Waals surface area contributed by atoms with Crippen molar-refractivity contribution in [1.82, 2.24) is 4.90 Å². The molecule has 0 aromatic carbocycles. The first-order valence-electron chi connectivity index (χ1n) is 5.57. The van der Waals surface area contributed by atoms with E-state index in [4.69, 9.17) is 5.26 Å². The van der Waals surface area contributed by atoms with Gasteiger partial charge in [0.25, 0.3) is 0 Å². The molecule has 0 spiro atoms. The van der Waals surface area contributed by atoms with Gasteiger partial charge in [-0.25, -0.2) is 0 Å². The monoisotopic (exact) mass is 212 g/mol. The largest absolute Gasteiger partial charge is 0.301 e. The zero-order valence-electron chi connectivity index (χ0n) is 9.04. The molecular formula is C11H20N2S. The summed E-state index contributed by atoms with van der Waals surface area (Å²) in [5, 5.41) is 9.26. The highest BCUT2D eigenvalue weighted by Crippen LogP contribution is 2.21. The summed E-state index contributed by atoms with van der Waals surface area (Å²) in [6.07, 6.45) is 4.27. The number of unbranched alkanes of at least 4 members (excludes halogenated alkanes) is 2. The molecule has 0 aromatic heterocycles. The Balaban J connectivity index is 2.08. The first kappa shape index (κ1) is 11.9. The van der Waals surface area contributed by atoms with Crippen molar-refractivity contribution in [1.29, 1.82) is 5.26 Å². The Bertz CT molecular complexity index is 188. The maximum Gasteiger partial charge on any atom is 0.0621 e. The van der Waals surface area contributed by atoms with E-state index in [0.29, 0.717) is 0 Å². The van der Waals surface area contributed by atoms with E-state index in [-0.39, 0.29) is 0 Å². The van der Waals surface area contributed by atoms with E-state index in [2.05, 4.69) is 29.7 Å². The molecule has 1 fully saturated rings. The predicted molar refractivity (Wildman–Crippen MR) is 62.4 cm³/mol. The standard InChI is InChI=1S/C11H20N2S/c1-2-11-10-13(8-9-14-11)7-5-3-4-6-12/h11H,2-5,7-10H2,1H3/t11-/m0/s1. The lowest BCUT2D eigenvalue weighted by Crippen LogP contribution is -2.38. The zero-order chi connectivity index (χ0) is 10.2. The van der Waals surface area contributed by atoms with Gasteiger partial charge in [0.05, 0.1) is 6.07 Å². The van der Waals surface area contributed by atoms with Crippen LogP contribution in [0.2, 0.25) is 0 Å². The van der Waals surface area contributed by atoms with Crippen LogP contribution in [-0.4, -0.2) is 35.5 Å². The lowest BCUT2D eigenvalue weighted by atomic mass is 10.2. The van der Waals surface area contributed by atoms with Gasteiger partial charge < -0.3 is 4.90 Å². The molecule has 0 aromatic rings. The predicted octanol–water partition coefficient (Wildman–Crippen LogP) is 2.51. The summed E-state index contributed by atoms with van der Waals surface area (Å²) >= 11 is 2.12. The molecule has 1 atom stereocenters. The van der Waals surface area contributed by atoms with Crippen LogP contribution in [0.4, 0.5) is 0 Å². The van der Waals surface area contributed by atoms with E-state index >= 15 is 0 Å². The SMILES string of the molecule is CC[C@H]1CN(CCCCC#N)CCS1. The molecule has 0 aliphatic carbocycles. The van der Waals surface area contributed by atoms with Crippen LogP contribution < -0.4 is 0 Å². The number of thioether (sulfide) groups is 1. The van der Waals surface area contributed by atoms with Crippen molar-refractivity contribution < 1.29 is 0 Å². The fourth-order valence-electron chi connectivity index (χ4n) is 1.77. The summed E-state index contributed by atoms with van der Waals surface area (Å²) in [6, 6.07) is 2.20. The third-order valence-corrected chi connectivity index (χ3v) is 4.06. The van der Waals surface area contributed by atoms with E-state index in [1.165, 1.54) is 38.2 Å². The normalized spacial score (nSPS) is 23.3. The Labute approximate surface area is 91.7 Å². The van der Waals surface area contributed by atoms with E-state index in [1.54, 1.807) is 0 Å². The van der Waals surface area contributed by atoms with Crippen molar-refractivity contribution in [3.8, 4) is 6.07 Å². The highest BCUT2D eigenvalue weighted by Gasteiger charge is 2.17. The third-order valence-electron chi connectivity index (χ3n) is 2.69. The van der Waals surface area contributed by atoms with Crippen LogP contribution in [-0.2, 0) is 0 Å². The fraction of sp³-hybridized carbons (Fsp3) is 0.909. The number of hydrogen-bond acceptors (Lipinski definition) is 3. The molecule has 2 nitrogen and oxygen atoms in total. The first-order chi connectivity index (χ1) is 6.86.